The molecule has 2 aromatic carbocycles. The molecule has 0 N–H and O–H groups in total. The molecule has 2 atom stereocenters. The second-order valence-electron chi connectivity index (χ2n) is 9.00. The summed E-state index contributed by atoms with van der Waals surface area (Å²) in [5.41, 5.74) is -4.49. The van der Waals surface area contributed by atoms with Gasteiger partial charge in [0.05, 0.1) is 29.0 Å². The van der Waals surface area contributed by atoms with E-state index in [-0.39, 0.29) is 30.5 Å². The number of carbonyl (C=O) groups excluding carboxylic acids is 2. The molecule has 0 saturated heterocycles. The molecule has 0 fully saturated rings. The number of amides is 2. The van der Waals surface area contributed by atoms with Crippen LogP contribution in [0.2, 0.25) is 0 Å². The summed E-state index contributed by atoms with van der Waals surface area (Å²) in [7, 11) is 0. The van der Waals surface area contributed by atoms with E-state index in [0.717, 1.165) is 34.9 Å². The van der Waals surface area contributed by atoms with E-state index in [0.29, 0.717) is 12.1 Å². The van der Waals surface area contributed by atoms with Gasteiger partial charge in [0.2, 0.25) is 5.91 Å². The monoisotopic (exact) mass is 570 g/mol. The molecule has 2 aromatic rings. The molecular formula is C25H23F9N2O3. The Morgan fingerprint density at radius 2 is 1.41 bits per heavy atom. The van der Waals surface area contributed by atoms with Gasteiger partial charge in [-0.3, -0.25) is 9.69 Å². The standard InChI is InChI=1S/C25H23F9N2O3/c1-4-39-22(38)36-13(2)20(19-6-5-16(10-21(19)36)23(26,27)28)12-35(14(3)37)11-15-7-17(24(29,30)31)9-18(8-15)25(32,33)34/h5-10,13,20H,4,11-12H2,1-3H3/t13-,20-/m1/s1. The van der Waals surface area contributed by atoms with Crippen molar-refractivity contribution in [3.05, 3.63) is 64.2 Å². The lowest BCUT2D eigenvalue weighted by Crippen LogP contribution is -2.41. The first-order chi connectivity index (χ1) is 17.8. The van der Waals surface area contributed by atoms with Crippen molar-refractivity contribution in [3.63, 3.8) is 0 Å². The van der Waals surface area contributed by atoms with Crippen LogP contribution in [0.25, 0.3) is 0 Å². The zero-order valence-electron chi connectivity index (χ0n) is 20.8. The Labute approximate surface area is 217 Å². The van der Waals surface area contributed by atoms with Gasteiger partial charge < -0.3 is 9.64 Å². The Morgan fingerprint density at radius 1 is 0.872 bits per heavy atom. The summed E-state index contributed by atoms with van der Waals surface area (Å²) < 4.78 is 125. The lowest BCUT2D eigenvalue weighted by atomic mass is 9.94. The molecule has 5 nitrogen and oxygen atoms in total. The molecule has 2 amide bonds. The number of halogens is 9. The summed E-state index contributed by atoms with van der Waals surface area (Å²) in [4.78, 5) is 27.0. The van der Waals surface area contributed by atoms with Crippen molar-refractivity contribution < 1.29 is 53.8 Å². The zero-order chi connectivity index (χ0) is 29.5. The minimum Gasteiger partial charge on any atom is -0.449 e. The third-order valence-electron chi connectivity index (χ3n) is 6.35. The molecule has 0 spiro atoms. The van der Waals surface area contributed by atoms with Crippen LogP contribution in [0, 0.1) is 0 Å². The largest absolute Gasteiger partial charge is 0.449 e. The highest BCUT2D eigenvalue weighted by molar-refractivity contribution is 5.92. The smallest absolute Gasteiger partial charge is 0.416 e. The lowest BCUT2D eigenvalue weighted by molar-refractivity contribution is -0.143. The van der Waals surface area contributed by atoms with E-state index in [4.69, 9.17) is 4.74 Å². The van der Waals surface area contributed by atoms with E-state index in [1.54, 1.807) is 0 Å². The highest BCUT2D eigenvalue weighted by atomic mass is 19.4. The lowest BCUT2D eigenvalue weighted by Gasteiger charge is -2.29. The number of hydrogen-bond donors (Lipinski definition) is 0. The second-order valence-corrected chi connectivity index (χ2v) is 9.00. The van der Waals surface area contributed by atoms with Crippen LogP contribution in [-0.4, -0.2) is 36.1 Å². The SMILES string of the molecule is CCOC(=O)N1c2cc(C(F)(F)F)ccc2[C@H](CN(Cc2cc(C(F)(F)F)cc(C(F)(F)F)c2)C(C)=O)[C@H]1C. The molecule has 39 heavy (non-hydrogen) atoms. The van der Waals surface area contributed by atoms with Gasteiger partial charge in [0.25, 0.3) is 0 Å². The predicted octanol–water partition coefficient (Wildman–Crippen LogP) is 7.24. The van der Waals surface area contributed by atoms with Crippen molar-refractivity contribution in [1.29, 1.82) is 0 Å². The number of anilines is 1. The molecule has 0 bridgehead atoms. The Kier molecular flexibility index (Phi) is 8.19. The third kappa shape index (κ3) is 6.59. The highest BCUT2D eigenvalue weighted by Crippen LogP contribution is 2.45. The molecule has 0 aliphatic carbocycles. The van der Waals surface area contributed by atoms with Crippen LogP contribution in [-0.2, 0) is 34.6 Å². The Morgan fingerprint density at radius 3 is 1.87 bits per heavy atom. The number of carbonyl (C=O) groups is 2. The van der Waals surface area contributed by atoms with Gasteiger partial charge in [-0.1, -0.05) is 6.07 Å². The fourth-order valence-corrected chi connectivity index (χ4v) is 4.48. The first-order valence-corrected chi connectivity index (χ1v) is 11.6. The van der Waals surface area contributed by atoms with Gasteiger partial charge in [-0.05, 0) is 55.3 Å². The summed E-state index contributed by atoms with van der Waals surface area (Å²) >= 11 is 0. The molecule has 214 valence electrons. The van der Waals surface area contributed by atoms with Gasteiger partial charge in [-0.25, -0.2) is 4.79 Å². The summed E-state index contributed by atoms with van der Waals surface area (Å²) in [5, 5.41) is 0. The van der Waals surface area contributed by atoms with Gasteiger partial charge >= 0.3 is 24.6 Å². The van der Waals surface area contributed by atoms with E-state index in [9.17, 15) is 49.1 Å². The first-order valence-electron chi connectivity index (χ1n) is 11.6. The normalized spacial score (nSPS) is 17.7. The number of hydrogen-bond acceptors (Lipinski definition) is 3. The van der Waals surface area contributed by atoms with Crippen molar-refractivity contribution in [2.24, 2.45) is 0 Å². The van der Waals surface area contributed by atoms with Crippen LogP contribution >= 0.6 is 0 Å². The summed E-state index contributed by atoms with van der Waals surface area (Å²) in [6, 6.07) is 2.76. The maximum Gasteiger partial charge on any atom is 0.416 e. The van der Waals surface area contributed by atoms with Gasteiger partial charge in [0.15, 0.2) is 0 Å². The number of fused-ring (bicyclic) bond motifs is 1. The van der Waals surface area contributed by atoms with Crippen LogP contribution in [0.3, 0.4) is 0 Å². The van der Waals surface area contributed by atoms with E-state index in [2.05, 4.69) is 0 Å². The van der Waals surface area contributed by atoms with Crippen molar-refractivity contribution in [2.75, 3.05) is 18.1 Å². The molecular weight excluding hydrogens is 547 g/mol. The molecule has 3 rings (SSSR count). The molecule has 0 unspecified atom stereocenters. The zero-order valence-corrected chi connectivity index (χ0v) is 20.8. The van der Waals surface area contributed by atoms with E-state index < -0.39 is 71.3 Å². The Hall–Kier alpha value is -3.45. The highest BCUT2D eigenvalue weighted by Gasteiger charge is 2.43. The van der Waals surface area contributed by atoms with Gasteiger partial charge in [0.1, 0.15) is 0 Å². The molecule has 0 radical (unpaired) electrons. The number of rotatable bonds is 5. The van der Waals surface area contributed by atoms with E-state index in [1.807, 2.05) is 0 Å². The van der Waals surface area contributed by atoms with E-state index in [1.165, 1.54) is 13.8 Å². The molecule has 1 aliphatic rings. The molecule has 0 saturated carbocycles. The van der Waals surface area contributed by atoms with Crippen LogP contribution in [0.4, 0.5) is 50.0 Å². The summed E-state index contributed by atoms with van der Waals surface area (Å²) in [5.74, 6) is -1.54. The van der Waals surface area contributed by atoms with Crippen molar-refractivity contribution >= 4 is 17.7 Å². The number of alkyl halides is 9. The number of nitrogens with zero attached hydrogens (tertiary/aromatic N) is 2. The minimum atomic E-state index is -5.09. The molecule has 1 aliphatic heterocycles. The van der Waals surface area contributed by atoms with Crippen molar-refractivity contribution in [1.82, 2.24) is 4.90 Å². The average Bonchev–Trinajstić information content (AvgIpc) is 3.07. The predicted molar refractivity (Wildman–Crippen MR) is 121 cm³/mol. The minimum absolute atomic E-state index is 0.0354. The molecule has 1 heterocycles. The van der Waals surface area contributed by atoms with E-state index >= 15 is 0 Å². The van der Waals surface area contributed by atoms with Crippen LogP contribution in [0.1, 0.15) is 54.5 Å². The maximum absolute atomic E-state index is 13.4. The van der Waals surface area contributed by atoms with Crippen molar-refractivity contribution in [3.8, 4) is 0 Å². The van der Waals surface area contributed by atoms with Crippen molar-refractivity contribution in [2.45, 2.75) is 57.8 Å². The average molecular weight is 570 g/mol. The molecule has 0 aromatic heterocycles. The Balaban J connectivity index is 2.02. The fourth-order valence-electron chi connectivity index (χ4n) is 4.48. The van der Waals surface area contributed by atoms with Crippen LogP contribution in [0.15, 0.2) is 36.4 Å². The second kappa shape index (κ2) is 10.6. The first kappa shape index (κ1) is 30.1. The van der Waals surface area contributed by atoms with Crippen LogP contribution < -0.4 is 4.90 Å². The number of ether oxygens (including phenoxy) is 1. The third-order valence-corrected chi connectivity index (χ3v) is 6.35. The fraction of sp³-hybridized carbons (Fsp3) is 0.440. The quantitative estimate of drug-likeness (QED) is 0.356. The van der Waals surface area contributed by atoms with Gasteiger partial charge in [-0.2, -0.15) is 39.5 Å². The summed E-state index contributed by atoms with van der Waals surface area (Å²) in [6.07, 6.45) is -15.9. The number of benzene rings is 2. The summed E-state index contributed by atoms with van der Waals surface area (Å²) in [6.45, 7) is 2.97. The maximum atomic E-state index is 13.4. The molecule has 14 heteroatoms. The van der Waals surface area contributed by atoms with Gasteiger partial charge in [0, 0.05) is 32.0 Å². The van der Waals surface area contributed by atoms with Crippen LogP contribution in [0.5, 0.6) is 0 Å². The topological polar surface area (TPSA) is 49.9 Å². The Bertz CT molecular complexity index is 1210. The van der Waals surface area contributed by atoms with Gasteiger partial charge in [-0.15, -0.1) is 0 Å².